The average molecular weight is 241 g/mol. The smallest absolute Gasteiger partial charge is 0.323 e. The van der Waals surface area contributed by atoms with Crippen LogP contribution in [0.3, 0.4) is 0 Å². The zero-order valence-electron chi connectivity index (χ0n) is 8.97. The van der Waals surface area contributed by atoms with Crippen molar-refractivity contribution in [3.8, 4) is 0 Å². The van der Waals surface area contributed by atoms with Gasteiger partial charge < -0.3 is 5.43 Å². The van der Waals surface area contributed by atoms with Gasteiger partial charge in [-0.25, -0.2) is 0 Å². The van der Waals surface area contributed by atoms with Gasteiger partial charge in [0.25, 0.3) is 0 Å². The SMILES string of the molecule is Cc1cc(NN)c2cccc(C(F)(F)F)c2n1. The highest BCUT2D eigenvalue weighted by molar-refractivity contribution is 5.93. The predicted molar refractivity (Wildman–Crippen MR) is 59.3 cm³/mol. The number of hydrazine groups is 1. The Hall–Kier alpha value is -1.82. The monoisotopic (exact) mass is 241 g/mol. The first-order chi connectivity index (χ1) is 7.93. The molecule has 17 heavy (non-hydrogen) atoms. The first-order valence-electron chi connectivity index (χ1n) is 4.87. The summed E-state index contributed by atoms with van der Waals surface area (Å²) in [6, 6.07) is 5.49. The Bertz CT molecular complexity index is 564. The van der Waals surface area contributed by atoms with E-state index in [0.717, 1.165) is 6.07 Å². The molecule has 0 atom stereocenters. The number of fused-ring (bicyclic) bond motifs is 1. The molecule has 1 heterocycles. The number of anilines is 1. The maximum atomic E-state index is 12.8. The number of hydrogen-bond donors (Lipinski definition) is 2. The average Bonchev–Trinajstić information content (AvgIpc) is 2.25. The van der Waals surface area contributed by atoms with E-state index in [1.165, 1.54) is 6.07 Å². The zero-order valence-corrected chi connectivity index (χ0v) is 8.97. The molecular formula is C11H10F3N3. The molecule has 0 saturated heterocycles. The molecule has 0 aliphatic rings. The van der Waals surface area contributed by atoms with Crippen LogP contribution in [0, 0.1) is 6.92 Å². The molecule has 0 radical (unpaired) electrons. The summed E-state index contributed by atoms with van der Waals surface area (Å²) in [5, 5.41) is 0.355. The molecule has 6 heteroatoms. The molecule has 0 aliphatic carbocycles. The van der Waals surface area contributed by atoms with Crippen LogP contribution in [0.25, 0.3) is 10.9 Å². The van der Waals surface area contributed by atoms with Crippen LogP contribution in [0.5, 0.6) is 0 Å². The number of rotatable bonds is 1. The van der Waals surface area contributed by atoms with Crippen molar-refractivity contribution in [3.05, 3.63) is 35.5 Å². The van der Waals surface area contributed by atoms with Gasteiger partial charge in [0, 0.05) is 11.1 Å². The molecule has 0 amide bonds. The quantitative estimate of drug-likeness (QED) is 0.596. The molecule has 2 aromatic rings. The summed E-state index contributed by atoms with van der Waals surface area (Å²) in [5.74, 6) is 5.28. The number of nitrogen functional groups attached to an aromatic ring is 1. The third-order valence-corrected chi connectivity index (χ3v) is 2.43. The fraction of sp³-hybridized carbons (Fsp3) is 0.182. The number of aromatic nitrogens is 1. The summed E-state index contributed by atoms with van der Waals surface area (Å²) >= 11 is 0. The fourth-order valence-electron chi connectivity index (χ4n) is 1.72. The molecule has 0 saturated carbocycles. The standard InChI is InChI=1S/C11H10F3N3/c1-6-5-9(17-15)7-3-2-4-8(10(7)16-6)11(12,13)14/h2-5H,15H2,1H3,(H,16,17). The van der Waals surface area contributed by atoms with Gasteiger partial charge in [0.05, 0.1) is 16.8 Å². The number of pyridine rings is 1. The molecule has 3 nitrogen and oxygen atoms in total. The number of nitrogens with one attached hydrogen (secondary N) is 1. The lowest BCUT2D eigenvalue weighted by Gasteiger charge is -2.12. The minimum atomic E-state index is -4.42. The molecule has 2 rings (SSSR count). The highest BCUT2D eigenvalue weighted by Crippen LogP contribution is 2.35. The first kappa shape index (κ1) is 11.7. The Balaban J connectivity index is 2.85. The van der Waals surface area contributed by atoms with Gasteiger partial charge in [-0.15, -0.1) is 0 Å². The van der Waals surface area contributed by atoms with Crippen LogP contribution in [0.1, 0.15) is 11.3 Å². The molecule has 0 unspecified atom stereocenters. The summed E-state index contributed by atoms with van der Waals surface area (Å²) in [6.07, 6.45) is -4.42. The van der Waals surface area contributed by atoms with Gasteiger partial charge in [-0.05, 0) is 19.1 Å². The van der Waals surface area contributed by atoms with E-state index in [1.54, 1.807) is 19.1 Å². The topological polar surface area (TPSA) is 50.9 Å². The second-order valence-corrected chi connectivity index (χ2v) is 3.66. The van der Waals surface area contributed by atoms with Crippen molar-refractivity contribution in [3.63, 3.8) is 0 Å². The number of aryl methyl sites for hydroxylation is 1. The van der Waals surface area contributed by atoms with Gasteiger partial charge in [-0.1, -0.05) is 12.1 Å². The van der Waals surface area contributed by atoms with Gasteiger partial charge in [-0.2, -0.15) is 13.2 Å². The van der Waals surface area contributed by atoms with Gasteiger partial charge in [-0.3, -0.25) is 10.8 Å². The molecule has 90 valence electrons. The van der Waals surface area contributed by atoms with Crippen LogP contribution in [0.4, 0.5) is 18.9 Å². The van der Waals surface area contributed by atoms with E-state index in [9.17, 15) is 13.2 Å². The molecule has 1 aromatic heterocycles. The van der Waals surface area contributed by atoms with E-state index in [4.69, 9.17) is 5.84 Å². The fourth-order valence-corrected chi connectivity index (χ4v) is 1.72. The van der Waals surface area contributed by atoms with Crippen LogP contribution in [0.2, 0.25) is 0 Å². The van der Waals surface area contributed by atoms with Crippen molar-refractivity contribution in [2.24, 2.45) is 5.84 Å². The van der Waals surface area contributed by atoms with Crippen LogP contribution >= 0.6 is 0 Å². The summed E-state index contributed by atoms with van der Waals surface area (Å²) < 4.78 is 38.4. The zero-order chi connectivity index (χ0) is 12.6. The van der Waals surface area contributed by atoms with Crippen molar-refractivity contribution in [1.29, 1.82) is 0 Å². The van der Waals surface area contributed by atoms with E-state index in [0.29, 0.717) is 16.8 Å². The van der Waals surface area contributed by atoms with Crippen LogP contribution in [-0.2, 0) is 6.18 Å². The third-order valence-electron chi connectivity index (χ3n) is 2.43. The van der Waals surface area contributed by atoms with Crippen LogP contribution < -0.4 is 11.3 Å². The lowest BCUT2D eigenvalue weighted by Crippen LogP contribution is -2.10. The Labute approximate surface area is 95.4 Å². The van der Waals surface area contributed by atoms with Crippen molar-refractivity contribution in [2.75, 3.05) is 5.43 Å². The Morgan fingerprint density at radius 2 is 2.00 bits per heavy atom. The lowest BCUT2D eigenvalue weighted by molar-refractivity contribution is -0.136. The largest absolute Gasteiger partial charge is 0.418 e. The molecular weight excluding hydrogens is 231 g/mol. The number of halogens is 3. The maximum Gasteiger partial charge on any atom is 0.418 e. The van der Waals surface area contributed by atoms with Crippen LogP contribution in [0.15, 0.2) is 24.3 Å². The highest BCUT2D eigenvalue weighted by Gasteiger charge is 2.33. The molecule has 1 aromatic carbocycles. The van der Waals surface area contributed by atoms with Crippen molar-refractivity contribution in [2.45, 2.75) is 13.1 Å². The summed E-state index contributed by atoms with van der Waals surface area (Å²) in [6.45, 7) is 1.62. The molecule has 0 fully saturated rings. The number of benzene rings is 1. The normalized spacial score (nSPS) is 11.8. The number of nitrogens with zero attached hydrogens (tertiary/aromatic N) is 1. The van der Waals surface area contributed by atoms with E-state index in [-0.39, 0.29) is 5.52 Å². The number of hydrogen-bond acceptors (Lipinski definition) is 3. The van der Waals surface area contributed by atoms with Gasteiger partial charge in [0.2, 0.25) is 0 Å². The molecule has 0 bridgehead atoms. The highest BCUT2D eigenvalue weighted by atomic mass is 19.4. The van der Waals surface area contributed by atoms with Gasteiger partial charge in [0.15, 0.2) is 0 Å². The minimum Gasteiger partial charge on any atom is -0.323 e. The van der Waals surface area contributed by atoms with Gasteiger partial charge in [0.1, 0.15) is 0 Å². The molecule has 3 N–H and O–H groups in total. The van der Waals surface area contributed by atoms with E-state index in [1.807, 2.05) is 0 Å². The van der Waals surface area contributed by atoms with E-state index in [2.05, 4.69) is 10.4 Å². The summed E-state index contributed by atoms with van der Waals surface area (Å²) in [5.41, 5.74) is 2.44. The van der Waals surface area contributed by atoms with Crippen molar-refractivity contribution < 1.29 is 13.2 Å². The summed E-state index contributed by atoms with van der Waals surface area (Å²) in [4.78, 5) is 3.94. The van der Waals surface area contributed by atoms with Crippen molar-refractivity contribution >= 4 is 16.6 Å². The maximum absolute atomic E-state index is 12.8. The van der Waals surface area contributed by atoms with Gasteiger partial charge >= 0.3 is 6.18 Å². The third kappa shape index (κ3) is 2.03. The molecule has 0 aliphatic heterocycles. The van der Waals surface area contributed by atoms with Crippen molar-refractivity contribution in [1.82, 2.24) is 4.98 Å². The molecule has 0 spiro atoms. The Morgan fingerprint density at radius 3 is 2.59 bits per heavy atom. The Kier molecular flexibility index (Phi) is 2.66. The second-order valence-electron chi connectivity index (χ2n) is 3.66. The predicted octanol–water partition coefficient (Wildman–Crippen LogP) is 2.85. The number of para-hydroxylation sites is 1. The number of alkyl halides is 3. The van der Waals surface area contributed by atoms with E-state index >= 15 is 0 Å². The Morgan fingerprint density at radius 1 is 1.29 bits per heavy atom. The minimum absolute atomic E-state index is 0.0899. The second kappa shape index (κ2) is 3.89. The lowest BCUT2D eigenvalue weighted by atomic mass is 10.1. The first-order valence-corrected chi connectivity index (χ1v) is 4.87. The van der Waals surface area contributed by atoms with Crippen LogP contribution in [-0.4, -0.2) is 4.98 Å². The summed E-state index contributed by atoms with van der Waals surface area (Å²) in [7, 11) is 0. The number of nitrogens with two attached hydrogens (primary N) is 1. The van der Waals surface area contributed by atoms with E-state index < -0.39 is 11.7 Å².